The molecule has 3 nitrogen and oxygen atoms in total. The van der Waals surface area contributed by atoms with Crippen molar-refractivity contribution in [1.82, 2.24) is 0 Å². The third-order valence-corrected chi connectivity index (χ3v) is 3.92. The summed E-state index contributed by atoms with van der Waals surface area (Å²) in [5.74, 6) is 0.670. The first-order valence-electron chi connectivity index (χ1n) is 6.95. The van der Waals surface area contributed by atoms with Gasteiger partial charge in [-0.15, -0.1) is 0 Å². The zero-order valence-electron chi connectivity index (χ0n) is 12.7. The van der Waals surface area contributed by atoms with Crippen LogP contribution in [-0.4, -0.2) is 22.4 Å². The van der Waals surface area contributed by atoms with Gasteiger partial charge >= 0.3 is 0 Å². The number of aliphatic hydroxyl groups excluding tert-OH is 1. The van der Waals surface area contributed by atoms with Crippen LogP contribution in [-0.2, 0) is 4.74 Å². The highest BCUT2D eigenvalue weighted by Gasteiger charge is 2.47. The van der Waals surface area contributed by atoms with Crippen LogP contribution in [0.5, 0.6) is 5.75 Å². The van der Waals surface area contributed by atoms with Crippen molar-refractivity contribution in [1.29, 1.82) is 0 Å². The number of hydrogen-bond donors (Lipinski definition) is 1. The molecule has 0 saturated carbocycles. The molecule has 0 amide bonds. The van der Waals surface area contributed by atoms with Crippen molar-refractivity contribution in [3.63, 3.8) is 0 Å². The minimum atomic E-state index is -0.623. The highest BCUT2D eigenvalue weighted by molar-refractivity contribution is 6.30. The summed E-state index contributed by atoms with van der Waals surface area (Å²) in [6, 6.07) is 5.33. The highest BCUT2D eigenvalue weighted by atomic mass is 35.5. The Morgan fingerprint density at radius 3 is 2.50 bits per heavy atom. The molecule has 20 heavy (non-hydrogen) atoms. The van der Waals surface area contributed by atoms with Crippen molar-refractivity contribution in [3.8, 4) is 5.75 Å². The average Bonchev–Trinajstić information content (AvgIpc) is 2.48. The first kappa shape index (κ1) is 15.6. The fourth-order valence-electron chi connectivity index (χ4n) is 2.80. The Bertz CT molecular complexity index is 494. The molecule has 2 atom stereocenters. The fraction of sp³-hybridized carbons (Fsp3) is 0.625. The minimum Gasteiger partial charge on any atom is -0.487 e. The molecule has 112 valence electrons. The molecule has 1 saturated heterocycles. The van der Waals surface area contributed by atoms with Gasteiger partial charge in [0.15, 0.2) is 0 Å². The van der Waals surface area contributed by atoms with Crippen LogP contribution in [0, 0.1) is 0 Å². The number of ether oxygens (including phenoxy) is 2. The van der Waals surface area contributed by atoms with E-state index >= 15 is 0 Å². The zero-order valence-corrected chi connectivity index (χ0v) is 13.5. The Morgan fingerprint density at radius 2 is 2.00 bits per heavy atom. The maximum absolute atomic E-state index is 9.87. The van der Waals surface area contributed by atoms with Gasteiger partial charge in [-0.3, -0.25) is 0 Å². The molecule has 0 spiro atoms. The van der Waals surface area contributed by atoms with E-state index < -0.39 is 6.10 Å². The lowest BCUT2D eigenvalue weighted by Crippen LogP contribution is -2.37. The lowest BCUT2D eigenvalue weighted by atomic mass is 9.97. The maximum Gasteiger partial charge on any atom is 0.130 e. The van der Waals surface area contributed by atoms with Gasteiger partial charge in [0.2, 0.25) is 0 Å². The number of benzene rings is 1. The van der Waals surface area contributed by atoms with E-state index in [1.165, 1.54) is 0 Å². The fourth-order valence-corrected chi connectivity index (χ4v) is 2.98. The van der Waals surface area contributed by atoms with Crippen LogP contribution in [0.2, 0.25) is 5.02 Å². The number of rotatable bonds is 3. The zero-order chi connectivity index (χ0) is 15.1. The largest absolute Gasteiger partial charge is 0.487 e. The summed E-state index contributed by atoms with van der Waals surface area (Å²) in [6.07, 6.45) is 0.125. The molecule has 0 aromatic heterocycles. The Balaban J connectivity index is 2.27. The number of hydrogen-bond acceptors (Lipinski definition) is 3. The number of halogens is 1. The van der Waals surface area contributed by atoms with Gasteiger partial charge in [0.05, 0.1) is 11.7 Å². The second kappa shape index (κ2) is 5.21. The third kappa shape index (κ3) is 3.27. The summed E-state index contributed by atoms with van der Waals surface area (Å²) in [5.41, 5.74) is 0.142. The quantitative estimate of drug-likeness (QED) is 0.912. The SMILES string of the molecule is CC(O)c1cc(Cl)ccc1OC1CC(C)(C)OC1(C)C. The van der Waals surface area contributed by atoms with E-state index in [0.717, 1.165) is 6.42 Å². The Hall–Kier alpha value is -0.770. The van der Waals surface area contributed by atoms with E-state index in [4.69, 9.17) is 21.1 Å². The molecule has 2 unspecified atom stereocenters. The molecule has 0 radical (unpaired) electrons. The second-order valence-corrected chi connectivity index (χ2v) is 7.07. The molecule has 1 aromatic rings. The summed E-state index contributed by atoms with van der Waals surface area (Å²) >= 11 is 5.99. The predicted molar refractivity (Wildman–Crippen MR) is 80.4 cm³/mol. The van der Waals surface area contributed by atoms with Gasteiger partial charge in [0.1, 0.15) is 17.5 Å². The molecule has 1 aliphatic heterocycles. The molecule has 0 aliphatic carbocycles. The average molecular weight is 299 g/mol. The van der Waals surface area contributed by atoms with Crippen molar-refractivity contribution < 1.29 is 14.6 Å². The van der Waals surface area contributed by atoms with E-state index in [9.17, 15) is 5.11 Å². The summed E-state index contributed by atoms with van der Waals surface area (Å²) in [5, 5.41) is 10.5. The molecule has 2 rings (SSSR count). The topological polar surface area (TPSA) is 38.7 Å². The van der Waals surface area contributed by atoms with Crippen LogP contribution in [0.1, 0.15) is 52.7 Å². The van der Waals surface area contributed by atoms with Gasteiger partial charge < -0.3 is 14.6 Å². The van der Waals surface area contributed by atoms with Gasteiger partial charge in [-0.25, -0.2) is 0 Å². The maximum atomic E-state index is 9.87. The summed E-state index contributed by atoms with van der Waals surface area (Å²) in [7, 11) is 0. The first-order valence-corrected chi connectivity index (χ1v) is 7.33. The molecule has 1 N–H and O–H groups in total. The molecule has 1 fully saturated rings. The third-order valence-electron chi connectivity index (χ3n) is 3.68. The molecule has 1 heterocycles. The molecular formula is C16H23ClO3. The van der Waals surface area contributed by atoms with Gasteiger partial charge in [-0.1, -0.05) is 11.6 Å². The Morgan fingerprint density at radius 1 is 1.35 bits per heavy atom. The van der Waals surface area contributed by atoms with Crippen LogP contribution >= 0.6 is 11.6 Å². The van der Waals surface area contributed by atoms with E-state index in [2.05, 4.69) is 13.8 Å². The van der Waals surface area contributed by atoms with Crippen molar-refractivity contribution in [2.75, 3.05) is 0 Å². The van der Waals surface area contributed by atoms with Gasteiger partial charge in [-0.2, -0.15) is 0 Å². The first-order chi connectivity index (χ1) is 9.11. The smallest absolute Gasteiger partial charge is 0.130 e. The van der Waals surface area contributed by atoms with Gasteiger partial charge in [0, 0.05) is 17.0 Å². The predicted octanol–water partition coefficient (Wildman–Crippen LogP) is 4.12. The lowest BCUT2D eigenvalue weighted by molar-refractivity contribution is -0.0848. The minimum absolute atomic E-state index is 0.0591. The van der Waals surface area contributed by atoms with E-state index in [-0.39, 0.29) is 17.3 Å². The van der Waals surface area contributed by atoms with Crippen LogP contribution in [0.4, 0.5) is 0 Å². The van der Waals surface area contributed by atoms with E-state index in [1.54, 1.807) is 19.1 Å². The lowest BCUT2D eigenvalue weighted by Gasteiger charge is -2.28. The van der Waals surface area contributed by atoms with Crippen molar-refractivity contribution >= 4 is 11.6 Å². The Kier molecular flexibility index (Phi) is 4.07. The monoisotopic (exact) mass is 298 g/mol. The number of aliphatic hydroxyl groups is 1. The normalized spacial score (nSPS) is 25.4. The van der Waals surface area contributed by atoms with Crippen LogP contribution in [0.15, 0.2) is 18.2 Å². The van der Waals surface area contributed by atoms with Crippen molar-refractivity contribution in [3.05, 3.63) is 28.8 Å². The summed E-state index contributed by atoms with van der Waals surface area (Å²) < 4.78 is 12.2. The summed E-state index contributed by atoms with van der Waals surface area (Å²) in [4.78, 5) is 0. The summed E-state index contributed by atoms with van der Waals surface area (Å²) in [6.45, 7) is 9.90. The molecule has 4 heteroatoms. The highest BCUT2D eigenvalue weighted by Crippen LogP contribution is 2.41. The second-order valence-electron chi connectivity index (χ2n) is 6.63. The van der Waals surface area contributed by atoms with Crippen molar-refractivity contribution in [2.24, 2.45) is 0 Å². The van der Waals surface area contributed by atoms with E-state index in [0.29, 0.717) is 16.3 Å². The molecule has 1 aliphatic rings. The molecule has 1 aromatic carbocycles. The van der Waals surface area contributed by atoms with Gasteiger partial charge in [0.25, 0.3) is 0 Å². The molecule has 0 bridgehead atoms. The van der Waals surface area contributed by atoms with Crippen LogP contribution in [0.3, 0.4) is 0 Å². The van der Waals surface area contributed by atoms with Crippen molar-refractivity contribution in [2.45, 2.75) is 64.4 Å². The van der Waals surface area contributed by atoms with Crippen LogP contribution in [0.25, 0.3) is 0 Å². The standard InChI is InChI=1S/C16H23ClO3/c1-10(18)12-8-11(17)6-7-13(12)19-14-9-15(2,3)20-16(14,4)5/h6-8,10,14,18H,9H2,1-5H3. The van der Waals surface area contributed by atoms with Crippen LogP contribution < -0.4 is 4.74 Å². The van der Waals surface area contributed by atoms with E-state index in [1.807, 2.05) is 19.9 Å². The Labute approximate surface area is 125 Å². The van der Waals surface area contributed by atoms with Gasteiger partial charge in [-0.05, 0) is 52.8 Å². The molecular weight excluding hydrogens is 276 g/mol.